The molecule has 1 saturated carbocycles. The van der Waals surface area contributed by atoms with Crippen LogP contribution < -0.4 is 5.32 Å². The Bertz CT molecular complexity index is 595. The Morgan fingerprint density at radius 1 is 1.43 bits per heavy atom. The molecule has 21 heavy (non-hydrogen) atoms. The second-order valence-electron chi connectivity index (χ2n) is 5.67. The van der Waals surface area contributed by atoms with E-state index in [0.717, 1.165) is 5.56 Å². The quantitative estimate of drug-likeness (QED) is 0.684. The van der Waals surface area contributed by atoms with Crippen molar-refractivity contribution >= 4 is 11.9 Å². The van der Waals surface area contributed by atoms with E-state index in [1.54, 1.807) is 13.0 Å². The van der Waals surface area contributed by atoms with Gasteiger partial charge in [0.1, 0.15) is 11.2 Å². The summed E-state index contributed by atoms with van der Waals surface area (Å²) in [6.45, 7) is 1.99. The van der Waals surface area contributed by atoms with Crippen LogP contribution >= 0.6 is 0 Å². The Balaban J connectivity index is 1.73. The van der Waals surface area contributed by atoms with E-state index >= 15 is 0 Å². The van der Waals surface area contributed by atoms with E-state index in [4.69, 9.17) is 4.74 Å². The first kappa shape index (κ1) is 14.0. The molecule has 0 heterocycles. The van der Waals surface area contributed by atoms with Gasteiger partial charge in [0, 0.05) is 0 Å². The van der Waals surface area contributed by atoms with Crippen molar-refractivity contribution < 1.29 is 18.7 Å². The van der Waals surface area contributed by atoms with Gasteiger partial charge in [0.25, 0.3) is 0 Å². The summed E-state index contributed by atoms with van der Waals surface area (Å²) < 4.78 is 18.7. The van der Waals surface area contributed by atoms with Gasteiger partial charge in [0.15, 0.2) is 0 Å². The zero-order valence-corrected chi connectivity index (χ0v) is 11.9. The summed E-state index contributed by atoms with van der Waals surface area (Å²) in [6, 6.07) is 4.70. The molecule has 0 saturated heterocycles. The third-order valence-corrected chi connectivity index (χ3v) is 4.37. The molecule has 1 amide bonds. The lowest BCUT2D eigenvalue weighted by Gasteiger charge is -2.19. The second kappa shape index (κ2) is 5.13. The van der Waals surface area contributed by atoms with Gasteiger partial charge >= 0.3 is 5.97 Å². The molecule has 0 spiro atoms. The predicted molar refractivity (Wildman–Crippen MR) is 73.9 cm³/mol. The summed E-state index contributed by atoms with van der Waals surface area (Å²) >= 11 is 0. The maximum Gasteiger partial charge on any atom is 0.321 e. The van der Waals surface area contributed by atoms with Crippen molar-refractivity contribution in [1.29, 1.82) is 0 Å². The van der Waals surface area contributed by atoms with Crippen molar-refractivity contribution in [3.8, 4) is 0 Å². The number of halogens is 1. The molecule has 1 N–H and O–H groups in total. The predicted octanol–water partition coefficient (Wildman–Crippen LogP) is 2.27. The highest BCUT2D eigenvalue weighted by molar-refractivity contribution is 6.05. The highest BCUT2D eigenvalue weighted by Crippen LogP contribution is 2.48. The molecule has 1 aromatic rings. The van der Waals surface area contributed by atoms with Crippen LogP contribution in [0.2, 0.25) is 0 Å². The average Bonchev–Trinajstić information content (AvgIpc) is 3.18. The summed E-state index contributed by atoms with van der Waals surface area (Å²) in [5.41, 5.74) is 0.485. The highest BCUT2D eigenvalue weighted by Gasteiger charge is 2.58. The first-order valence-electron chi connectivity index (χ1n) is 7.34. The van der Waals surface area contributed by atoms with Gasteiger partial charge in [-0.15, -0.1) is 0 Å². The first-order chi connectivity index (χ1) is 10.1. The van der Waals surface area contributed by atoms with Crippen LogP contribution in [0.1, 0.15) is 43.4 Å². The lowest BCUT2D eigenvalue weighted by Crippen LogP contribution is -2.39. The minimum atomic E-state index is -1.01. The van der Waals surface area contributed by atoms with Crippen LogP contribution in [0.4, 0.5) is 4.39 Å². The molecule has 4 nitrogen and oxygen atoms in total. The van der Waals surface area contributed by atoms with Crippen LogP contribution in [0.25, 0.3) is 0 Å². The molecule has 0 aromatic heterocycles. The van der Waals surface area contributed by atoms with Crippen LogP contribution in [0.5, 0.6) is 0 Å². The Kier molecular flexibility index (Phi) is 3.43. The Labute approximate surface area is 122 Å². The average molecular weight is 291 g/mol. The minimum Gasteiger partial charge on any atom is -0.465 e. The molecular formula is C16H18FNO3. The third kappa shape index (κ3) is 2.30. The van der Waals surface area contributed by atoms with Gasteiger partial charge < -0.3 is 10.1 Å². The lowest BCUT2D eigenvalue weighted by molar-refractivity contribution is -0.154. The van der Waals surface area contributed by atoms with Gasteiger partial charge in [0.2, 0.25) is 5.91 Å². The van der Waals surface area contributed by atoms with Gasteiger partial charge in [-0.05, 0) is 49.8 Å². The molecule has 0 radical (unpaired) electrons. The standard InChI is InChI=1S/C16H18FNO3/c1-2-21-15(20)16(8-9-16)14(19)18-13-7-6-10-11(13)4-3-5-12(10)17/h3-5,13H,2,6-9H2,1H3,(H,18,19)/t13-/m0/s1. The van der Waals surface area contributed by atoms with E-state index in [-0.39, 0.29) is 24.4 Å². The number of hydrogen-bond donors (Lipinski definition) is 1. The maximum atomic E-state index is 13.7. The van der Waals surface area contributed by atoms with E-state index in [0.29, 0.717) is 31.2 Å². The summed E-state index contributed by atoms with van der Waals surface area (Å²) in [5.74, 6) is -0.959. The lowest BCUT2D eigenvalue weighted by atomic mass is 10.0. The van der Waals surface area contributed by atoms with Crippen LogP contribution in [-0.4, -0.2) is 18.5 Å². The van der Waals surface area contributed by atoms with Gasteiger partial charge in [0.05, 0.1) is 12.6 Å². The van der Waals surface area contributed by atoms with Gasteiger partial charge in [-0.25, -0.2) is 4.39 Å². The largest absolute Gasteiger partial charge is 0.465 e. The van der Waals surface area contributed by atoms with Gasteiger partial charge in [-0.1, -0.05) is 12.1 Å². The molecule has 0 aliphatic heterocycles. The summed E-state index contributed by atoms with van der Waals surface area (Å²) in [6.07, 6.45) is 2.33. The maximum absolute atomic E-state index is 13.7. The number of carbonyl (C=O) groups excluding carboxylic acids is 2. The number of amides is 1. The molecule has 5 heteroatoms. The molecule has 2 aliphatic carbocycles. The van der Waals surface area contributed by atoms with E-state index in [1.807, 2.05) is 6.07 Å². The van der Waals surface area contributed by atoms with E-state index in [9.17, 15) is 14.0 Å². The normalized spacial score (nSPS) is 21.5. The third-order valence-electron chi connectivity index (χ3n) is 4.37. The monoisotopic (exact) mass is 291 g/mol. The number of benzene rings is 1. The zero-order valence-electron chi connectivity index (χ0n) is 11.9. The fourth-order valence-corrected chi connectivity index (χ4v) is 2.97. The Morgan fingerprint density at radius 3 is 2.86 bits per heavy atom. The molecule has 0 unspecified atom stereocenters. The molecule has 1 atom stereocenters. The van der Waals surface area contributed by atoms with Gasteiger partial charge in [-0.2, -0.15) is 0 Å². The molecule has 1 aromatic carbocycles. The molecule has 112 valence electrons. The minimum absolute atomic E-state index is 0.213. The van der Waals surface area contributed by atoms with Crippen molar-refractivity contribution in [3.05, 3.63) is 35.1 Å². The summed E-state index contributed by atoms with van der Waals surface area (Å²) in [5, 5.41) is 2.90. The molecular weight excluding hydrogens is 273 g/mol. The fourth-order valence-electron chi connectivity index (χ4n) is 2.97. The summed E-state index contributed by atoms with van der Waals surface area (Å²) in [4.78, 5) is 24.3. The first-order valence-corrected chi connectivity index (χ1v) is 7.34. The number of carbonyl (C=O) groups is 2. The summed E-state index contributed by atoms with van der Waals surface area (Å²) in [7, 11) is 0. The smallest absolute Gasteiger partial charge is 0.321 e. The van der Waals surface area contributed by atoms with E-state index in [2.05, 4.69) is 5.32 Å². The van der Waals surface area contributed by atoms with Crippen molar-refractivity contribution in [2.75, 3.05) is 6.61 Å². The van der Waals surface area contributed by atoms with Crippen molar-refractivity contribution in [1.82, 2.24) is 5.32 Å². The number of rotatable bonds is 4. The number of hydrogen-bond acceptors (Lipinski definition) is 3. The SMILES string of the molecule is CCOC(=O)C1(C(=O)N[C@H]2CCc3c(F)cccc32)CC1. The van der Waals surface area contributed by atoms with Crippen LogP contribution in [0.3, 0.4) is 0 Å². The highest BCUT2D eigenvalue weighted by atomic mass is 19.1. The van der Waals surface area contributed by atoms with E-state index in [1.165, 1.54) is 6.07 Å². The van der Waals surface area contributed by atoms with Crippen LogP contribution in [0, 0.1) is 11.2 Å². The second-order valence-corrected chi connectivity index (χ2v) is 5.67. The molecule has 2 aliphatic rings. The van der Waals surface area contributed by atoms with Crippen LogP contribution in [0.15, 0.2) is 18.2 Å². The number of ether oxygens (including phenoxy) is 1. The number of nitrogens with one attached hydrogen (secondary N) is 1. The number of esters is 1. The molecule has 3 rings (SSSR count). The van der Waals surface area contributed by atoms with Crippen LogP contribution in [-0.2, 0) is 20.7 Å². The topological polar surface area (TPSA) is 55.4 Å². The number of fused-ring (bicyclic) bond motifs is 1. The van der Waals surface area contributed by atoms with Crippen molar-refractivity contribution in [3.63, 3.8) is 0 Å². The Hall–Kier alpha value is -1.91. The zero-order chi connectivity index (χ0) is 15.0. The fraction of sp³-hybridized carbons (Fsp3) is 0.500. The molecule has 0 bridgehead atoms. The molecule has 1 fully saturated rings. The van der Waals surface area contributed by atoms with Crippen molar-refractivity contribution in [2.24, 2.45) is 5.41 Å². The van der Waals surface area contributed by atoms with Crippen molar-refractivity contribution in [2.45, 2.75) is 38.6 Å². The van der Waals surface area contributed by atoms with Gasteiger partial charge in [-0.3, -0.25) is 9.59 Å². The van der Waals surface area contributed by atoms with E-state index < -0.39 is 11.4 Å². The Morgan fingerprint density at radius 2 is 2.19 bits per heavy atom.